The van der Waals surface area contributed by atoms with E-state index in [0.717, 1.165) is 35.7 Å². The summed E-state index contributed by atoms with van der Waals surface area (Å²) in [6.07, 6.45) is 9.87. The van der Waals surface area contributed by atoms with Gasteiger partial charge in [-0.15, -0.1) is 0 Å². The van der Waals surface area contributed by atoms with Crippen LogP contribution in [-0.2, 0) is 6.54 Å². The summed E-state index contributed by atoms with van der Waals surface area (Å²) in [6, 6.07) is 8.24. The van der Waals surface area contributed by atoms with Crippen molar-refractivity contribution in [2.45, 2.75) is 39.3 Å². The lowest BCUT2D eigenvalue weighted by atomic mass is 10.1. The van der Waals surface area contributed by atoms with Crippen molar-refractivity contribution in [1.82, 2.24) is 25.1 Å². The summed E-state index contributed by atoms with van der Waals surface area (Å²) >= 11 is 0. The maximum Gasteiger partial charge on any atom is 0.126 e. The van der Waals surface area contributed by atoms with Crippen molar-refractivity contribution in [3.8, 4) is 11.3 Å². The molecule has 2 N–H and O–H groups in total. The average Bonchev–Trinajstić information content (AvgIpc) is 3.15. The molecule has 27 heavy (non-hydrogen) atoms. The van der Waals surface area contributed by atoms with E-state index in [1.54, 1.807) is 6.20 Å². The van der Waals surface area contributed by atoms with Gasteiger partial charge in [-0.25, -0.2) is 4.98 Å². The number of aromatic amines is 1. The fraction of sp³-hybridized carbons (Fsp3) is 0.381. The maximum atomic E-state index is 4.58. The monoisotopic (exact) mass is 364 g/mol. The average molecular weight is 364 g/mol. The molecule has 3 rings (SSSR count). The van der Waals surface area contributed by atoms with Crippen LogP contribution in [0.25, 0.3) is 11.3 Å². The fourth-order valence-electron chi connectivity index (χ4n) is 3.04. The molecule has 6 nitrogen and oxygen atoms in total. The Hall–Kier alpha value is -2.73. The number of unbranched alkanes of at least 4 members (excludes halogenated alkanes) is 1. The molecule has 0 radical (unpaired) electrons. The molecule has 0 spiro atoms. The Bertz CT molecular complexity index is 812. The standard InChI is InChI=1S/C21H28N6/c1-4-5-11-27(3)15-19-14-24-26-21(19)18-8-9-20(23-13-18)25-16(2)17-7-6-10-22-12-17/h6-10,12-14,16H,4-5,11,15H2,1-3H3,(H,23,25)(H,24,26). The molecule has 3 aromatic heterocycles. The number of aromatic nitrogens is 4. The Morgan fingerprint density at radius 1 is 1.19 bits per heavy atom. The molecule has 142 valence electrons. The van der Waals surface area contributed by atoms with Crippen molar-refractivity contribution < 1.29 is 0 Å². The lowest BCUT2D eigenvalue weighted by Crippen LogP contribution is -2.19. The minimum absolute atomic E-state index is 0.145. The Morgan fingerprint density at radius 2 is 2.07 bits per heavy atom. The highest BCUT2D eigenvalue weighted by molar-refractivity contribution is 5.63. The SMILES string of the molecule is CCCCN(C)Cc1cn[nH]c1-c1ccc(NC(C)c2cccnc2)nc1. The van der Waals surface area contributed by atoms with Crippen LogP contribution < -0.4 is 5.32 Å². The quantitative estimate of drug-likeness (QED) is 0.593. The second-order valence-corrected chi connectivity index (χ2v) is 6.95. The topological polar surface area (TPSA) is 69.7 Å². The van der Waals surface area contributed by atoms with E-state index in [-0.39, 0.29) is 6.04 Å². The van der Waals surface area contributed by atoms with Crippen LogP contribution in [0.15, 0.2) is 49.1 Å². The normalized spacial score (nSPS) is 12.3. The largest absolute Gasteiger partial charge is 0.363 e. The van der Waals surface area contributed by atoms with Gasteiger partial charge in [0.05, 0.1) is 17.9 Å². The summed E-state index contributed by atoms with van der Waals surface area (Å²) in [5, 5.41) is 10.8. The minimum Gasteiger partial charge on any atom is -0.363 e. The van der Waals surface area contributed by atoms with Crippen LogP contribution in [0.1, 0.15) is 43.9 Å². The minimum atomic E-state index is 0.145. The number of rotatable bonds is 9. The number of nitrogens with one attached hydrogen (secondary N) is 2. The summed E-state index contributed by atoms with van der Waals surface area (Å²) in [5.74, 6) is 0.844. The first-order valence-corrected chi connectivity index (χ1v) is 9.51. The van der Waals surface area contributed by atoms with E-state index < -0.39 is 0 Å². The Morgan fingerprint density at radius 3 is 2.78 bits per heavy atom. The van der Waals surface area contributed by atoms with Crippen molar-refractivity contribution in [2.75, 3.05) is 18.9 Å². The van der Waals surface area contributed by atoms with Crippen LogP contribution in [0.2, 0.25) is 0 Å². The molecular formula is C21H28N6. The van der Waals surface area contributed by atoms with Crippen molar-refractivity contribution in [2.24, 2.45) is 0 Å². The molecule has 0 saturated carbocycles. The van der Waals surface area contributed by atoms with E-state index >= 15 is 0 Å². The van der Waals surface area contributed by atoms with Gasteiger partial charge >= 0.3 is 0 Å². The summed E-state index contributed by atoms with van der Waals surface area (Å²) in [6.45, 7) is 6.29. The smallest absolute Gasteiger partial charge is 0.126 e. The number of pyridine rings is 2. The molecule has 3 heterocycles. The summed E-state index contributed by atoms with van der Waals surface area (Å²) in [4.78, 5) is 11.1. The van der Waals surface area contributed by atoms with E-state index in [2.05, 4.69) is 63.4 Å². The van der Waals surface area contributed by atoms with Gasteiger partial charge in [0.25, 0.3) is 0 Å². The van der Waals surface area contributed by atoms with Gasteiger partial charge in [-0.05, 0) is 50.7 Å². The molecule has 0 bridgehead atoms. The van der Waals surface area contributed by atoms with Crippen molar-refractivity contribution in [1.29, 1.82) is 0 Å². The third-order valence-corrected chi connectivity index (χ3v) is 4.65. The zero-order valence-corrected chi connectivity index (χ0v) is 16.3. The molecule has 0 aliphatic heterocycles. The van der Waals surface area contributed by atoms with Gasteiger partial charge < -0.3 is 10.2 Å². The number of H-pyrrole nitrogens is 1. The number of nitrogens with zero attached hydrogens (tertiary/aromatic N) is 4. The van der Waals surface area contributed by atoms with Gasteiger partial charge in [-0.2, -0.15) is 5.10 Å². The molecule has 0 fully saturated rings. The van der Waals surface area contributed by atoms with E-state index in [9.17, 15) is 0 Å². The molecule has 0 aromatic carbocycles. The summed E-state index contributed by atoms with van der Waals surface area (Å²) in [7, 11) is 2.15. The Labute approximate surface area is 161 Å². The molecule has 0 amide bonds. The maximum absolute atomic E-state index is 4.58. The third-order valence-electron chi connectivity index (χ3n) is 4.65. The van der Waals surface area contributed by atoms with E-state index in [0.29, 0.717) is 0 Å². The van der Waals surface area contributed by atoms with Gasteiger partial charge in [0.15, 0.2) is 0 Å². The van der Waals surface area contributed by atoms with Crippen LogP contribution in [0, 0.1) is 0 Å². The Balaban J connectivity index is 1.66. The summed E-state index contributed by atoms with van der Waals surface area (Å²) < 4.78 is 0. The molecular weight excluding hydrogens is 336 g/mol. The number of hydrogen-bond donors (Lipinski definition) is 2. The summed E-state index contributed by atoms with van der Waals surface area (Å²) in [5.41, 5.74) is 4.41. The van der Waals surface area contributed by atoms with E-state index in [1.807, 2.05) is 30.7 Å². The van der Waals surface area contributed by atoms with Gasteiger partial charge in [-0.3, -0.25) is 10.1 Å². The van der Waals surface area contributed by atoms with E-state index in [4.69, 9.17) is 0 Å². The predicted molar refractivity (Wildman–Crippen MR) is 109 cm³/mol. The predicted octanol–water partition coefficient (Wildman–Crippen LogP) is 4.27. The number of hydrogen-bond acceptors (Lipinski definition) is 5. The van der Waals surface area contributed by atoms with Crippen molar-refractivity contribution in [3.63, 3.8) is 0 Å². The Kier molecular flexibility index (Phi) is 6.54. The highest BCUT2D eigenvalue weighted by Gasteiger charge is 2.11. The first kappa shape index (κ1) is 19.0. The molecule has 1 unspecified atom stereocenters. The van der Waals surface area contributed by atoms with Crippen LogP contribution in [0.3, 0.4) is 0 Å². The second kappa shape index (κ2) is 9.28. The van der Waals surface area contributed by atoms with Crippen molar-refractivity contribution in [3.05, 3.63) is 60.2 Å². The highest BCUT2D eigenvalue weighted by Crippen LogP contribution is 2.24. The molecule has 3 aromatic rings. The highest BCUT2D eigenvalue weighted by atomic mass is 15.1. The number of anilines is 1. The molecule has 0 aliphatic carbocycles. The zero-order chi connectivity index (χ0) is 19.1. The van der Waals surface area contributed by atoms with Crippen LogP contribution in [0.4, 0.5) is 5.82 Å². The molecule has 6 heteroatoms. The first-order chi connectivity index (χ1) is 13.2. The third kappa shape index (κ3) is 5.14. The van der Waals surface area contributed by atoms with Crippen molar-refractivity contribution >= 4 is 5.82 Å². The van der Waals surface area contributed by atoms with Crippen LogP contribution in [-0.4, -0.2) is 38.7 Å². The van der Waals surface area contributed by atoms with Gasteiger partial charge in [-0.1, -0.05) is 19.4 Å². The lowest BCUT2D eigenvalue weighted by Gasteiger charge is -2.16. The molecule has 0 saturated heterocycles. The molecule has 1 atom stereocenters. The van der Waals surface area contributed by atoms with Gasteiger partial charge in [0.1, 0.15) is 5.82 Å². The van der Waals surface area contributed by atoms with Crippen LogP contribution >= 0.6 is 0 Å². The van der Waals surface area contributed by atoms with E-state index in [1.165, 1.54) is 18.4 Å². The lowest BCUT2D eigenvalue weighted by molar-refractivity contribution is 0.321. The zero-order valence-electron chi connectivity index (χ0n) is 16.3. The first-order valence-electron chi connectivity index (χ1n) is 9.51. The van der Waals surface area contributed by atoms with Gasteiger partial charge in [0, 0.05) is 36.3 Å². The molecule has 0 aliphatic rings. The fourth-order valence-corrected chi connectivity index (χ4v) is 3.04. The van der Waals surface area contributed by atoms with Gasteiger partial charge in [0.2, 0.25) is 0 Å². The van der Waals surface area contributed by atoms with Crippen LogP contribution in [0.5, 0.6) is 0 Å². The second-order valence-electron chi connectivity index (χ2n) is 6.95.